The van der Waals surface area contributed by atoms with Crippen LogP contribution in [-0.4, -0.2) is 50.5 Å². The van der Waals surface area contributed by atoms with Crippen molar-refractivity contribution in [3.8, 4) is 0 Å². The first-order valence-corrected chi connectivity index (χ1v) is 11.9. The van der Waals surface area contributed by atoms with Gasteiger partial charge in [-0.2, -0.15) is 0 Å². The molecule has 0 amide bonds. The first-order chi connectivity index (χ1) is 14.3. The van der Waals surface area contributed by atoms with Crippen molar-refractivity contribution in [1.29, 1.82) is 0 Å². The number of aliphatic hydroxyl groups is 3. The molecule has 0 aromatic heterocycles. The SMILES string of the molecule is CCCCCCC(=O)C(O)C(O)(C(=O)CCCCCC)C(O)C(=O)CCCCCC. The van der Waals surface area contributed by atoms with Gasteiger partial charge in [0.15, 0.2) is 35.2 Å². The molecule has 30 heavy (non-hydrogen) atoms. The minimum atomic E-state index is -2.77. The van der Waals surface area contributed by atoms with Crippen LogP contribution in [0.15, 0.2) is 0 Å². The van der Waals surface area contributed by atoms with Crippen molar-refractivity contribution >= 4 is 17.3 Å². The molecule has 0 aliphatic rings. The van der Waals surface area contributed by atoms with Crippen molar-refractivity contribution in [3.63, 3.8) is 0 Å². The van der Waals surface area contributed by atoms with Crippen LogP contribution >= 0.6 is 0 Å². The maximum atomic E-state index is 12.8. The fraction of sp³-hybridized carbons (Fsp3) is 0.875. The summed E-state index contributed by atoms with van der Waals surface area (Å²) in [5, 5.41) is 32.2. The van der Waals surface area contributed by atoms with Crippen molar-refractivity contribution < 1.29 is 29.7 Å². The highest BCUT2D eigenvalue weighted by atomic mass is 16.4. The Balaban J connectivity index is 5.28. The lowest BCUT2D eigenvalue weighted by Crippen LogP contribution is -2.63. The van der Waals surface area contributed by atoms with E-state index in [4.69, 9.17) is 0 Å². The number of Topliss-reactive ketones (excluding diaryl/α,β-unsaturated/α-hetero) is 3. The van der Waals surface area contributed by atoms with Crippen LogP contribution < -0.4 is 0 Å². The number of aliphatic hydroxyl groups excluding tert-OH is 2. The van der Waals surface area contributed by atoms with Gasteiger partial charge in [-0.1, -0.05) is 78.6 Å². The molecule has 0 saturated carbocycles. The molecule has 0 aliphatic carbocycles. The number of carbonyl (C=O) groups excluding carboxylic acids is 3. The van der Waals surface area contributed by atoms with Crippen molar-refractivity contribution in [1.82, 2.24) is 0 Å². The first kappa shape index (κ1) is 28.9. The third-order valence-electron chi connectivity index (χ3n) is 5.70. The Morgan fingerprint density at radius 2 is 0.933 bits per heavy atom. The molecule has 2 atom stereocenters. The summed E-state index contributed by atoms with van der Waals surface area (Å²) in [6.45, 7) is 6.10. The van der Waals surface area contributed by atoms with E-state index in [-0.39, 0.29) is 19.3 Å². The molecule has 0 aromatic rings. The number of carbonyl (C=O) groups is 3. The van der Waals surface area contributed by atoms with Gasteiger partial charge < -0.3 is 15.3 Å². The number of hydrogen-bond donors (Lipinski definition) is 3. The Morgan fingerprint density at radius 3 is 1.27 bits per heavy atom. The van der Waals surface area contributed by atoms with Crippen LogP contribution in [0.2, 0.25) is 0 Å². The molecule has 3 N–H and O–H groups in total. The molecule has 2 unspecified atom stereocenters. The average molecular weight is 429 g/mol. The third-order valence-corrected chi connectivity index (χ3v) is 5.70. The van der Waals surface area contributed by atoms with Crippen LogP contribution in [0.4, 0.5) is 0 Å². The van der Waals surface area contributed by atoms with Crippen LogP contribution in [0.25, 0.3) is 0 Å². The standard InChI is InChI=1S/C24H44O6/c1-4-7-10-13-16-19(25)22(28)24(30,21(27)18-15-12-9-6-3)23(29)20(26)17-14-11-8-5-2/h22-23,28-30H,4-18H2,1-3H3. The minimum absolute atomic E-state index is 0.00397. The monoisotopic (exact) mass is 428 g/mol. The second-order valence-electron chi connectivity index (χ2n) is 8.42. The second-order valence-corrected chi connectivity index (χ2v) is 8.42. The van der Waals surface area contributed by atoms with Crippen LogP contribution in [0.1, 0.15) is 117 Å². The third kappa shape index (κ3) is 9.80. The summed E-state index contributed by atoms with van der Waals surface area (Å²) in [6, 6.07) is 0. The predicted molar refractivity (Wildman–Crippen MR) is 118 cm³/mol. The molecule has 0 rings (SSSR count). The molecule has 0 radical (unpaired) electrons. The van der Waals surface area contributed by atoms with E-state index in [1.54, 1.807) is 0 Å². The zero-order chi connectivity index (χ0) is 23.0. The average Bonchev–Trinajstić information content (AvgIpc) is 2.75. The van der Waals surface area contributed by atoms with Crippen molar-refractivity contribution in [2.45, 2.75) is 135 Å². The van der Waals surface area contributed by atoms with Gasteiger partial charge in [0.25, 0.3) is 0 Å². The maximum absolute atomic E-state index is 12.8. The largest absolute Gasteiger partial charge is 0.382 e. The molecule has 0 heterocycles. The number of hydrogen-bond acceptors (Lipinski definition) is 6. The Labute approximate surface area is 182 Å². The van der Waals surface area contributed by atoms with Gasteiger partial charge in [-0.05, 0) is 19.3 Å². The van der Waals surface area contributed by atoms with Gasteiger partial charge in [-0.15, -0.1) is 0 Å². The molecule has 0 saturated heterocycles. The van der Waals surface area contributed by atoms with Gasteiger partial charge in [-0.3, -0.25) is 14.4 Å². The highest BCUT2D eigenvalue weighted by Gasteiger charge is 2.53. The van der Waals surface area contributed by atoms with Crippen LogP contribution in [0.3, 0.4) is 0 Å². The molecular formula is C24H44O6. The van der Waals surface area contributed by atoms with Gasteiger partial charge in [0.2, 0.25) is 0 Å². The zero-order valence-electron chi connectivity index (χ0n) is 19.3. The smallest absolute Gasteiger partial charge is 0.189 e. The second kappa shape index (κ2) is 16.6. The molecule has 0 aliphatic heterocycles. The molecule has 0 aromatic carbocycles. The lowest BCUT2D eigenvalue weighted by atomic mass is 9.78. The van der Waals surface area contributed by atoms with E-state index in [9.17, 15) is 29.7 Å². The van der Waals surface area contributed by atoms with Gasteiger partial charge in [-0.25, -0.2) is 0 Å². The van der Waals surface area contributed by atoms with E-state index < -0.39 is 35.2 Å². The topological polar surface area (TPSA) is 112 Å². The normalized spacial score (nSPS) is 15.4. The van der Waals surface area contributed by atoms with Crippen molar-refractivity contribution in [2.24, 2.45) is 0 Å². The Bertz CT molecular complexity index is 472. The molecule has 6 nitrogen and oxygen atoms in total. The summed E-state index contributed by atoms with van der Waals surface area (Å²) in [4.78, 5) is 37.7. The molecule has 0 bridgehead atoms. The highest BCUT2D eigenvalue weighted by molar-refractivity contribution is 6.01. The summed E-state index contributed by atoms with van der Waals surface area (Å²) >= 11 is 0. The summed E-state index contributed by atoms with van der Waals surface area (Å²) < 4.78 is 0. The lowest BCUT2D eigenvalue weighted by Gasteiger charge is -2.34. The Hall–Kier alpha value is -1.11. The lowest BCUT2D eigenvalue weighted by molar-refractivity contribution is -0.181. The molecule has 6 heteroatoms. The number of unbranched alkanes of at least 4 members (excludes halogenated alkanes) is 9. The van der Waals surface area contributed by atoms with E-state index in [1.807, 2.05) is 20.8 Å². The summed E-state index contributed by atoms with van der Waals surface area (Å²) in [5.74, 6) is -2.23. The van der Waals surface area contributed by atoms with E-state index in [1.165, 1.54) is 0 Å². The van der Waals surface area contributed by atoms with Crippen LogP contribution in [-0.2, 0) is 14.4 Å². The van der Waals surface area contributed by atoms with Crippen molar-refractivity contribution in [2.75, 3.05) is 0 Å². The fourth-order valence-corrected chi connectivity index (χ4v) is 3.58. The van der Waals surface area contributed by atoms with Gasteiger partial charge in [0.1, 0.15) is 0 Å². The molecule has 0 spiro atoms. The van der Waals surface area contributed by atoms with Crippen LogP contribution in [0, 0.1) is 0 Å². The molecule has 176 valence electrons. The van der Waals surface area contributed by atoms with Crippen molar-refractivity contribution in [3.05, 3.63) is 0 Å². The van der Waals surface area contributed by atoms with E-state index in [2.05, 4.69) is 0 Å². The maximum Gasteiger partial charge on any atom is 0.189 e. The highest BCUT2D eigenvalue weighted by Crippen LogP contribution is 2.25. The van der Waals surface area contributed by atoms with Gasteiger partial charge in [0, 0.05) is 19.3 Å². The number of rotatable bonds is 20. The molecule has 0 fully saturated rings. The van der Waals surface area contributed by atoms with E-state index in [0.717, 1.165) is 57.8 Å². The summed E-state index contributed by atoms with van der Waals surface area (Å²) in [7, 11) is 0. The van der Waals surface area contributed by atoms with Gasteiger partial charge in [0.05, 0.1) is 0 Å². The van der Waals surface area contributed by atoms with Gasteiger partial charge >= 0.3 is 0 Å². The predicted octanol–water partition coefficient (Wildman–Crippen LogP) is 4.06. The minimum Gasteiger partial charge on any atom is -0.382 e. The molecular weight excluding hydrogens is 384 g/mol. The fourth-order valence-electron chi connectivity index (χ4n) is 3.58. The number of ketones is 3. The van der Waals surface area contributed by atoms with E-state index in [0.29, 0.717) is 19.3 Å². The Morgan fingerprint density at radius 1 is 0.600 bits per heavy atom. The summed E-state index contributed by atoms with van der Waals surface area (Å²) in [6.07, 6.45) is 5.41. The first-order valence-electron chi connectivity index (χ1n) is 11.9. The Kier molecular flexibility index (Phi) is 16.0. The van der Waals surface area contributed by atoms with Crippen LogP contribution in [0.5, 0.6) is 0 Å². The summed E-state index contributed by atoms with van der Waals surface area (Å²) in [5.41, 5.74) is -2.77. The van der Waals surface area contributed by atoms with E-state index >= 15 is 0 Å². The quantitative estimate of drug-likeness (QED) is 0.252. The zero-order valence-corrected chi connectivity index (χ0v) is 19.3.